The quantitative estimate of drug-likeness (QED) is 0.908. The van der Waals surface area contributed by atoms with Gasteiger partial charge in [-0.25, -0.2) is 14.2 Å². The van der Waals surface area contributed by atoms with Crippen molar-refractivity contribution in [1.82, 2.24) is 4.98 Å². The Kier molecular flexibility index (Phi) is 3.39. The summed E-state index contributed by atoms with van der Waals surface area (Å²) < 4.78 is 13.0. The van der Waals surface area contributed by atoms with Crippen LogP contribution in [-0.2, 0) is 0 Å². The summed E-state index contributed by atoms with van der Waals surface area (Å²) >= 11 is 1.29. The van der Waals surface area contributed by atoms with Gasteiger partial charge in [0.1, 0.15) is 11.5 Å². The first-order valence-electron chi connectivity index (χ1n) is 4.78. The SMILES string of the molecule is O=C(O)c1cc(Sc2cccc(F)c2)ccn1. The van der Waals surface area contributed by atoms with E-state index in [9.17, 15) is 9.18 Å². The van der Waals surface area contributed by atoms with Gasteiger partial charge in [-0.1, -0.05) is 17.8 Å². The molecule has 0 bridgehead atoms. The largest absolute Gasteiger partial charge is 0.477 e. The molecule has 2 aromatic rings. The Labute approximate surface area is 101 Å². The van der Waals surface area contributed by atoms with Crippen LogP contribution in [0.5, 0.6) is 0 Å². The van der Waals surface area contributed by atoms with Crippen LogP contribution in [0.15, 0.2) is 52.4 Å². The Morgan fingerprint density at radius 2 is 2.00 bits per heavy atom. The molecule has 1 aromatic heterocycles. The monoisotopic (exact) mass is 249 g/mol. The van der Waals surface area contributed by atoms with Crippen LogP contribution in [-0.4, -0.2) is 16.1 Å². The smallest absolute Gasteiger partial charge is 0.354 e. The third-order valence-electron chi connectivity index (χ3n) is 1.98. The molecule has 0 radical (unpaired) electrons. The lowest BCUT2D eigenvalue weighted by Crippen LogP contribution is -1.99. The van der Waals surface area contributed by atoms with Gasteiger partial charge < -0.3 is 5.11 Å². The molecule has 5 heteroatoms. The number of carbonyl (C=O) groups is 1. The van der Waals surface area contributed by atoms with Crippen LogP contribution in [0.4, 0.5) is 4.39 Å². The van der Waals surface area contributed by atoms with Crippen molar-refractivity contribution < 1.29 is 14.3 Å². The van der Waals surface area contributed by atoms with E-state index in [4.69, 9.17) is 5.11 Å². The van der Waals surface area contributed by atoms with E-state index >= 15 is 0 Å². The third-order valence-corrected chi connectivity index (χ3v) is 2.96. The number of carboxylic acids is 1. The minimum absolute atomic E-state index is 0.0218. The molecule has 0 aliphatic heterocycles. The van der Waals surface area contributed by atoms with Gasteiger partial charge in [0.05, 0.1) is 0 Å². The maximum absolute atomic E-state index is 13.0. The molecule has 0 aliphatic rings. The highest BCUT2D eigenvalue weighted by Crippen LogP contribution is 2.27. The minimum atomic E-state index is -1.08. The summed E-state index contributed by atoms with van der Waals surface area (Å²) in [5, 5.41) is 8.79. The lowest BCUT2D eigenvalue weighted by atomic mass is 10.3. The summed E-state index contributed by atoms with van der Waals surface area (Å²) in [4.78, 5) is 15.9. The average molecular weight is 249 g/mol. The number of hydrogen-bond acceptors (Lipinski definition) is 3. The van der Waals surface area contributed by atoms with E-state index in [1.165, 1.54) is 36.2 Å². The van der Waals surface area contributed by atoms with E-state index in [0.29, 0.717) is 9.79 Å². The molecule has 0 spiro atoms. The van der Waals surface area contributed by atoms with Crippen LogP contribution in [0.25, 0.3) is 0 Å². The van der Waals surface area contributed by atoms with E-state index in [2.05, 4.69) is 4.98 Å². The van der Waals surface area contributed by atoms with Crippen LogP contribution in [0.2, 0.25) is 0 Å². The Hall–Kier alpha value is -1.88. The van der Waals surface area contributed by atoms with Gasteiger partial charge in [0.15, 0.2) is 0 Å². The van der Waals surface area contributed by atoms with Crippen LogP contribution in [0.1, 0.15) is 10.5 Å². The predicted molar refractivity (Wildman–Crippen MR) is 61.7 cm³/mol. The molecule has 0 saturated carbocycles. The molecule has 0 atom stereocenters. The number of hydrogen-bond donors (Lipinski definition) is 1. The highest BCUT2D eigenvalue weighted by atomic mass is 32.2. The molecule has 2 rings (SSSR count). The Morgan fingerprint density at radius 1 is 1.24 bits per heavy atom. The van der Waals surface area contributed by atoms with E-state index in [1.807, 2.05) is 0 Å². The summed E-state index contributed by atoms with van der Waals surface area (Å²) in [6.45, 7) is 0. The molecular weight excluding hydrogens is 241 g/mol. The zero-order chi connectivity index (χ0) is 12.3. The molecule has 0 amide bonds. The van der Waals surface area contributed by atoms with Crippen molar-refractivity contribution in [1.29, 1.82) is 0 Å². The number of rotatable bonds is 3. The second kappa shape index (κ2) is 4.97. The van der Waals surface area contributed by atoms with E-state index < -0.39 is 5.97 Å². The van der Waals surface area contributed by atoms with Gasteiger partial charge in [-0.05, 0) is 30.3 Å². The second-order valence-electron chi connectivity index (χ2n) is 3.24. The van der Waals surface area contributed by atoms with Crippen LogP contribution < -0.4 is 0 Å². The van der Waals surface area contributed by atoms with Crippen molar-refractivity contribution in [2.24, 2.45) is 0 Å². The Balaban J connectivity index is 2.24. The highest BCUT2D eigenvalue weighted by molar-refractivity contribution is 7.99. The summed E-state index contributed by atoms with van der Waals surface area (Å²) in [5.41, 5.74) is -0.0218. The van der Waals surface area contributed by atoms with Gasteiger partial charge in [0.25, 0.3) is 0 Å². The molecule has 0 saturated heterocycles. The van der Waals surface area contributed by atoms with Crippen LogP contribution >= 0.6 is 11.8 Å². The maximum Gasteiger partial charge on any atom is 0.354 e. The van der Waals surface area contributed by atoms with Gasteiger partial charge in [-0.15, -0.1) is 0 Å². The van der Waals surface area contributed by atoms with Crippen molar-refractivity contribution in [2.45, 2.75) is 9.79 Å². The van der Waals surface area contributed by atoms with Crippen LogP contribution in [0.3, 0.4) is 0 Å². The number of aromatic nitrogens is 1. The number of benzene rings is 1. The average Bonchev–Trinajstić information content (AvgIpc) is 2.29. The molecule has 0 aliphatic carbocycles. The number of pyridine rings is 1. The summed E-state index contributed by atoms with van der Waals surface area (Å²) in [6.07, 6.45) is 1.42. The second-order valence-corrected chi connectivity index (χ2v) is 4.39. The molecule has 3 nitrogen and oxygen atoms in total. The van der Waals surface area contributed by atoms with Gasteiger partial charge in [0, 0.05) is 16.0 Å². The molecular formula is C12H8FNO2S. The fraction of sp³-hybridized carbons (Fsp3) is 0. The lowest BCUT2D eigenvalue weighted by Gasteiger charge is -2.02. The van der Waals surface area contributed by atoms with Gasteiger partial charge >= 0.3 is 5.97 Å². The normalized spacial score (nSPS) is 10.2. The van der Waals surface area contributed by atoms with Gasteiger partial charge in [-0.2, -0.15) is 0 Å². The van der Waals surface area contributed by atoms with Crippen molar-refractivity contribution in [3.05, 3.63) is 54.1 Å². The molecule has 1 aromatic carbocycles. The molecule has 86 valence electrons. The first-order valence-corrected chi connectivity index (χ1v) is 5.59. The van der Waals surface area contributed by atoms with Gasteiger partial charge in [0.2, 0.25) is 0 Å². The molecule has 17 heavy (non-hydrogen) atoms. The number of nitrogens with zero attached hydrogens (tertiary/aromatic N) is 1. The number of halogens is 1. The number of carboxylic acid groups (broad SMARTS) is 1. The lowest BCUT2D eigenvalue weighted by molar-refractivity contribution is 0.0690. The Morgan fingerprint density at radius 3 is 2.71 bits per heavy atom. The van der Waals surface area contributed by atoms with E-state index in [1.54, 1.807) is 18.2 Å². The van der Waals surface area contributed by atoms with Crippen LogP contribution in [0, 0.1) is 5.82 Å². The highest BCUT2D eigenvalue weighted by Gasteiger charge is 2.06. The molecule has 0 fully saturated rings. The van der Waals surface area contributed by atoms with Crippen molar-refractivity contribution >= 4 is 17.7 Å². The summed E-state index contributed by atoms with van der Waals surface area (Å²) in [6, 6.07) is 9.26. The van der Waals surface area contributed by atoms with E-state index in [-0.39, 0.29) is 11.5 Å². The fourth-order valence-electron chi connectivity index (χ4n) is 1.26. The molecule has 1 heterocycles. The van der Waals surface area contributed by atoms with E-state index in [0.717, 1.165) is 0 Å². The number of aromatic carboxylic acids is 1. The fourth-order valence-corrected chi connectivity index (χ4v) is 2.15. The van der Waals surface area contributed by atoms with Crippen molar-refractivity contribution in [2.75, 3.05) is 0 Å². The maximum atomic E-state index is 13.0. The standard InChI is InChI=1S/C12H8FNO2S/c13-8-2-1-3-9(6-8)17-10-4-5-14-11(7-10)12(15)16/h1-7H,(H,15,16). The van der Waals surface area contributed by atoms with Crippen molar-refractivity contribution in [3.8, 4) is 0 Å². The minimum Gasteiger partial charge on any atom is -0.477 e. The first kappa shape index (κ1) is 11.6. The zero-order valence-electron chi connectivity index (χ0n) is 8.63. The Bertz CT molecular complexity index is 560. The summed E-state index contributed by atoms with van der Waals surface area (Å²) in [5.74, 6) is -1.39. The topological polar surface area (TPSA) is 50.2 Å². The van der Waals surface area contributed by atoms with Crippen molar-refractivity contribution in [3.63, 3.8) is 0 Å². The zero-order valence-corrected chi connectivity index (χ0v) is 9.45. The molecule has 0 unspecified atom stereocenters. The first-order chi connectivity index (χ1) is 8.15. The summed E-state index contributed by atoms with van der Waals surface area (Å²) in [7, 11) is 0. The molecule has 1 N–H and O–H groups in total. The predicted octanol–water partition coefficient (Wildman–Crippen LogP) is 3.07. The third kappa shape index (κ3) is 3.04. The van der Waals surface area contributed by atoms with Gasteiger partial charge in [-0.3, -0.25) is 0 Å².